The number of sulfonamides is 1. The van der Waals surface area contributed by atoms with Crippen LogP contribution in [0.3, 0.4) is 0 Å². The van der Waals surface area contributed by atoms with Gasteiger partial charge >= 0.3 is 0 Å². The molecule has 24 heavy (non-hydrogen) atoms. The van der Waals surface area contributed by atoms with E-state index in [9.17, 15) is 18.0 Å². The lowest BCUT2D eigenvalue weighted by molar-refractivity contribution is -0.130. The van der Waals surface area contributed by atoms with Gasteiger partial charge < -0.3 is 15.5 Å². The molecule has 0 aromatic heterocycles. The number of carbonyl (C=O) groups excluding carboxylic acids is 2. The summed E-state index contributed by atoms with van der Waals surface area (Å²) in [5.41, 5.74) is 0.200. The Hall–Kier alpha value is -1.97. The van der Waals surface area contributed by atoms with Crippen LogP contribution in [0.2, 0.25) is 0 Å². The Bertz CT molecular complexity index is 712. The van der Waals surface area contributed by atoms with Crippen molar-refractivity contribution in [3.05, 3.63) is 29.8 Å². The van der Waals surface area contributed by atoms with Crippen LogP contribution >= 0.6 is 0 Å². The summed E-state index contributed by atoms with van der Waals surface area (Å²) in [4.78, 5) is 25.9. The molecular formula is C15H22N4O4S. The highest BCUT2D eigenvalue weighted by Gasteiger charge is 2.20. The van der Waals surface area contributed by atoms with Crippen LogP contribution in [0.25, 0.3) is 0 Å². The van der Waals surface area contributed by atoms with Gasteiger partial charge in [0.05, 0.1) is 11.4 Å². The van der Waals surface area contributed by atoms with Crippen molar-refractivity contribution in [3.63, 3.8) is 0 Å². The van der Waals surface area contributed by atoms with Crippen molar-refractivity contribution in [1.82, 2.24) is 19.8 Å². The number of hydrogen-bond acceptors (Lipinski definition) is 5. The maximum absolute atomic E-state index is 12.2. The second-order valence-corrected chi connectivity index (χ2v) is 7.78. The van der Waals surface area contributed by atoms with Crippen LogP contribution in [0, 0.1) is 0 Å². The van der Waals surface area contributed by atoms with Crippen LogP contribution in [0.1, 0.15) is 10.4 Å². The van der Waals surface area contributed by atoms with Crippen molar-refractivity contribution in [1.29, 1.82) is 0 Å². The van der Waals surface area contributed by atoms with Crippen molar-refractivity contribution >= 4 is 21.8 Å². The molecule has 2 amide bonds. The summed E-state index contributed by atoms with van der Waals surface area (Å²) in [5, 5.41) is 5.69. The molecule has 0 radical (unpaired) electrons. The van der Waals surface area contributed by atoms with Gasteiger partial charge in [-0.1, -0.05) is 6.07 Å². The fourth-order valence-electron chi connectivity index (χ4n) is 2.29. The highest BCUT2D eigenvalue weighted by molar-refractivity contribution is 7.89. The summed E-state index contributed by atoms with van der Waals surface area (Å²) in [6.45, 7) is 2.61. The number of nitrogens with zero attached hydrogens (tertiary/aromatic N) is 2. The molecule has 1 heterocycles. The van der Waals surface area contributed by atoms with E-state index in [-0.39, 0.29) is 22.9 Å². The van der Waals surface area contributed by atoms with Crippen LogP contribution in [0.15, 0.2) is 29.2 Å². The fraction of sp³-hybridized carbons (Fsp3) is 0.467. The molecule has 1 aromatic carbocycles. The van der Waals surface area contributed by atoms with E-state index in [4.69, 9.17) is 0 Å². The van der Waals surface area contributed by atoms with Crippen LogP contribution in [-0.2, 0) is 14.8 Å². The lowest BCUT2D eigenvalue weighted by Crippen LogP contribution is -2.49. The van der Waals surface area contributed by atoms with Crippen LogP contribution in [-0.4, -0.2) is 76.3 Å². The average Bonchev–Trinajstić information content (AvgIpc) is 2.60. The molecular weight excluding hydrogens is 332 g/mol. The Balaban J connectivity index is 2.01. The van der Waals surface area contributed by atoms with Gasteiger partial charge in [0, 0.05) is 45.8 Å². The summed E-state index contributed by atoms with van der Waals surface area (Å²) >= 11 is 0. The summed E-state index contributed by atoms with van der Waals surface area (Å²) in [7, 11) is -0.760. The number of carbonyl (C=O) groups is 2. The van der Waals surface area contributed by atoms with Crippen LogP contribution in [0.4, 0.5) is 0 Å². The molecule has 1 saturated heterocycles. The van der Waals surface area contributed by atoms with Crippen molar-refractivity contribution in [3.8, 4) is 0 Å². The number of hydrogen-bond donors (Lipinski definition) is 2. The summed E-state index contributed by atoms with van der Waals surface area (Å²) < 4.78 is 25.3. The van der Waals surface area contributed by atoms with Gasteiger partial charge in [0.1, 0.15) is 0 Å². The second kappa shape index (κ2) is 7.73. The van der Waals surface area contributed by atoms with Crippen molar-refractivity contribution < 1.29 is 18.0 Å². The zero-order chi connectivity index (χ0) is 17.7. The lowest BCUT2D eigenvalue weighted by Gasteiger charge is -2.27. The largest absolute Gasteiger partial charge is 0.343 e. The van der Waals surface area contributed by atoms with Crippen LogP contribution < -0.4 is 10.6 Å². The zero-order valence-corrected chi connectivity index (χ0v) is 14.6. The number of rotatable bonds is 5. The maximum Gasteiger partial charge on any atom is 0.251 e. The third-order valence-corrected chi connectivity index (χ3v) is 5.56. The van der Waals surface area contributed by atoms with Gasteiger partial charge in [-0.3, -0.25) is 9.59 Å². The highest BCUT2D eigenvalue weighted by Crippen LogP contribution is 2.14. The minimum absolute atomic E-state index is 0.0357. The van der Waals surface area contributed by atoms with E-state index in [1.807, 2.05) is 0 Å². The minimum atomic E-state index is -3.61. The van der Waals surface area contributed by atoms with E-state index in [1.165, 1.54) is 38.4 Å². The SMILES string of the molecule is CN(C)S(=O)(=O)c1cccc(C(=O)NCC(=O)N2CCNCC2)c1. The summed E-state index contributed by atoms with van der Waals surface area (Å²) in [5.74, 6) is -0.629. The molecule has 0 unspecified atom stereocenters. The van der Waals surface area contributed by atoms with Crippen molar-refractivity contribution in [2.45, 2.75) is 4.90 Å². The first-order valence-corrected chi connectivity index (χ1v) is 9.05. The van der Waals surface area contributed by atoms with E-state index < -0.39 is 15.9 Å². The molecule has 1 aliphatic heterocycles. The van der Waals surface area contributed by atoms with E-state index >= 15 is 0 Å². The van der Waals surface area contributed by atoms with Gasteiger partial charge in [0.2, 0.25) is 15.9 Å². The van der Waals surface area contributed by atoms with Crippen molar-refractivity contribution in [2.75, 3.05) is 46.8 Å². The van der Waals surface area contributed by atoms with E-state index in [0.29, 0.717) is 13.1 Å². The third kappa shape index (κ3) is 4.31. The quantitative estimate of drug-likeness (QED) is 0.714. The predicted octanol–water partition coefficient (Wildman–Crippen LogP) is -0.901. The molecule has 0 atom stereocenters. The Labute approximate surface area is 141 Å². The molecule has 0 aliphatic carbocycles. The lowest BCUT2D eigenvalue weighted by atomic mass is 10.2. The van der Waals surface area contributed by atoms with Gasteiger partial charge in [-0.05, 0) is 18.2 Å². The maximum atomic E-state index is 12.2. The smallest absolute Gasteiger partial charge is 0.251 e. The van der Waals surface area contributed by atoms with Gasteiger partial charge in [-0.25, -0.2) is 12.7 Å². The Morgan fingerprint density at radius 3 is 2.54 bits per heavy atom. The molecule has 1 fully saturated rings. The highest BCUT2D eigenvalue weighted by atomic mass is 32.2. The first-order valence-electron chi connectivity index (χ1n) is 7.61. The molecule has 0 spiro atoms. The predicted molar refractivity (Wildman–Crippen MR) is 89.1 cm³/mol. The monoisotopic (exact) mass is 354 g/mol. The van der Waals surface area contributed by atoms with Gasteiger partial charge in [0.25, 0.3) is 5.91 Å². The number of benzene rings is 1. The molecule has 2 N–H and O–H groups in total. The van der Waals surface area contributed by atoms with Crippen LogP contribution in [0.5, 0.6) is 0 Å². The van der Waals surface area contributed by atoms with E-state index in [0.717, 1.165) is 17.4 Å². The molecule has 1 aromatic rings. The summed E-state index contributed by atoms with van der Waals surface area (Å²) in [6.07, 6.45) is 0. The summed E-state index contributed by atoms with van der Waals surface area (Å²) in [6, 6.07) is 5.75. The minimum Gasteiger partial charge on any atom is -0.343 e. The van der Waals surface area contributed by atoms with E-state index in [2.05, 4.69) is 10.6 Å². The van der Waals surface area contributed by atoms with Gasteiger partial charge in [0.15, 0.2) is 0 Å². The second-order valence-electron chi connectivity index (χ2n) is 5.63. The fourth-order valence-corrected chi connectivity index (χ4v) is 3.24. The number of nitrogens with one attached hydrogen (secondary N) is 2. The van der Waals surface area contributed by atoms with Gasteiger partial charge in [-0.15, -0.1) is 0 Å². The van der Waals surface area contributed by atoms with E-state index in [1.54, 1.807) is 4.90 Å². The van der Waals surface area contributed by atoms with Gasteiger partial charge in [-0.2, -0.15) is 0 Å². The Kier molecular flexibility index (Phi) is 5.92. The molecule has 1 aliphatic rings. The molecule has 2 rings (SSSR count). The number of amides is 2. The normalized spacial score (nSPS) is 15.4. The Morgan fingerprint density at radius 2 is 1.92 bits per heavy atom. The molecule has 8 nitrogen and oxygen atoms in total. The molecule has 0 saturated carbocycles. The third-order valence-electron chi connectivity index (χ3n) is 3.74. The standard InChI is InChI=1S/C15H22N4O4S/c1-18(2)24(22,23)13-5-3-4-12(10-13)15(21)17-11-14(20)19-8-6-16-7-9-19/h3-5,10,16H,6-9,11H2,1-2H3,(H,17,21). The topological polar surface area (TPSA) is 98.8 Å². The molecule has 9 heteroatoms. The zero-order valence-electron chi connectivity index (χ0n) is 13.8. The van der Waals surface area contributed by atoms with Crippen molar-refractivity contribution in [2.24, 2.45) is 0 Å². The Morgan fingerprint density at radius 1 is 1.25 bits per heavy atom. The first kappa shape index (κ1) is 18.4. The average molecular weight is 354 g/mol. The molecule has 132 valence electrons. The molecule has 0 bridgehead atoms. The number of piperazine rings is 1. The first-order chi connectivity index (χ1) is 11.3.